The monoisotopic (exact) mass is 427 g/mol. The second kappa shape index (κ2) is 9.37. The van der Waals surface area contributed by atoms with E-state index in [4.69, 9.17) is 14.2 Å². The quantitative estimate of drug-likeness (QED) is 0.550. The first-order valence-corrected chi connectivity index (χ1v) is 10.5. The SMILES string of the molecule is CCCOC(=O)C1=C(C)NC2=C(C(=O)[C@@H](C(=O)OC)[C@@H](C)C2)[C@@H]1c1cccc(OC)c1. The number of hydrogen-bond acceptors (Lipinski definition) is 7. The first kappa shape index (κ1) is 22.6. The number of esters is 2. The molecule has 0 spiro atoms. The van der Waals surface area contributed by atoms with Crippen LogP contribution in [0.3, 0.4) is 0 Å². The van der Waals surface area contributed by atoms with Crippen molar-refractivity contribution >= 4 is 17.7 Å². The summed E-state index contributed by atoms with van der Waals surface area (Å²) >= 11 is 0. The number of Topliss-reactive ketones (excluding diaryl/α,β-unsaturated/α-hetero) is 1. The normalized spacial score (nSPS) is 23.1. The van der Waals surface area contributed by atoms with Gasteiger partial charge in [-0.25, -0.2) is 4.79 Å². The highest BCUT2D eigenvalue weighted by Crippen LogP contribution is 2.45. The Labute approximate surface area is 182 Å². The number of ketones is 1. The van der Waals surface area contributed by atoms with Crippen LogP contribution in [0.2, 0.25) is 0 Å². The summed E-state index contributed by atoms with van der Waals surface area (Å²) < 4.78 is 15.7. The molecular formula is C24H29NO6. The molecule has 0 aromatic heterocycles. The molecule has 0 unspecified atom stereocenters. The predicted molar refractivity (Wildman–Crippen MR) is 114 cm³/mol. The third-order valence-corrected chi connectivity index (χ3v) is 5.83. The van der Waals surface area contributed by atoms with Crippen molar-refractivity contribution in [3.63, 3.8) is 0 Å². The van der Waals surface area contributed by atoms with E-state index in [-0.39, 0.29) is 18.3 Å². The van der Waals surface area contributed by atoms with Crippen molar-refractivity contribution in [2.75, 3.05) is 20.8 Å². The van der Waals surface area contributed by atoms with Crippen LogP contribution in [0.15, 0.2) is 46.8 Å². The van der Waals surface area contributed by atoms with Crippen LogP contribution in [0.1, 0.15) is 45.1 Å². The fraction of sp³-hybridized carbons (Fsp3) is 0.458. The smallest absolute Gasteiger partial charge is 0.336 e. The Hall–Kier alpha value is -3.09. The molecule has 1 aliphatic carbocycles. The molecule has 1 N–H and O–H groups in total. The summed E-state index contributed by atoms with van der Waals surface area (Å²) in [5, 5.41) is 3.25. The van der Waals surface area contributed by atoms with Gasteiger partial charge in [0.1, 0.15) is 11.7 Å². The van der Waals surface area contributed by atoms with Crippen molar-refractivity contribution in [2.45, 2.75) is 39.5 Å². The summed E-state index contributed by atoms with van der Waals surface area (Å²) in [6, 6.07) is 7.27. The third-order valence-electron chi connectivity index (χ3n) is 5.83. The number of hydrogen-bond donors (Lipinski definition) is 1. The van der Waals surface area contributed by atoms with Crippen LogP contribution in [0.5, 0.6) is 5.75 Å². The zero-order valence-corrected chi connectivity index (χ0v) is 18.6. The minimum Gasteiger partial charge on any atom is -0.497 e. The van der Waals surface area contributed by atoms with E-state index in [0.717, 1.165) is 11.3 Å². The van der Waals surface area contributed by atoms with Gasteiger partial charge in [-0.15, -0.1) is 0 Å². The molecule has 0 fully saturated rings. The van der Waals surface area contributed by atoms with Gasteiger partial charge in [-0.05, 0) is 43.4 Å². The molecule has 3 rings (SSSR count). The van der Waals surface area contributed by atoms with E-state index in [2.05, 4.69) is 5.32 Å². The number of ether oxygens (including phenoxy) is 3. The molecule has 7 nitrogen and oxygen atoms in total. The molecule has 0 saturated carbocycles. The van der Waals surface area contributed by atoms with Crippen molar-refractivity contribution in [2.24, 2.45) is 11.8 Å². The lowest BCUT2D eigenvalue weighted by Crippen LogP contribution is -2.43. The second-order valence-electron chi connectivity index (χ2n) is 7.95. The summed E-state index contributed by atoms with van der Waals surface area (Å²) in [7, 11) is 2.84. The van der Waals surface area contributed by atoms with Gasteiger partial charge in [0.2, 0.25) is 0 Å². The van der Waals surface area contributed by atoms with Gasteiger partial charge in [0.25, 0.3) is 0 Å². The largest absolute Gasteiger partial charge is 0.497 e. The van der Waals surface area contributed by atoms with E-state index in [1.54, 1.807) is 26.2 Å². The van der Waals surface area contributed by atoms with Crippen molar-refractivity contribution in [3.05, 3.63) is 52.4 Å². The molecule has 166 valence electrons. The molecule has 1 heterocycles. The molecule has 3 atom stereocenters. The van der Waals surface area contributed by atoms with Crippen LogP contribution in [-0.2, 0) is 23.9 Å². The lowest BCUT2D eigenvalue weighted by molar-refractivity contribution is -0.151. The summed E-state index contributed by atoms with van der Waals surface area (Å²) in [6.45, 7) is 5.86. The van der Waals surface area contributed by atoms with Gasteiger partial charge in [0.05, 0.1) is 26.4 Å². The zero-order valence-electron chi connectivity index (χ0n) is 18.6. The van der Waals surface area contributed by atoms with Crippen LogP contribution in [0.25, 0.3) is 0 Å². The minimum absolute atomic E-state index is 0.224. The first-order chi connectivity index (χ1) is 14.8. The number of benzene rings is 1. The molecule has 0 amide bonds. The highest BCUT2D eigenvalue weighted by Gasteiger charge is 2.47. The first-order valence-electron chi connectivity index (χ1n) is 10.5. The van der Waals surface area contributed by atoms with Crippen LogP contribution in [-0.4, -0.2) is 38.5 Å². The van der Waals surface area contributed by atoms with E-state index in [0.29, 0.717) is 35.4 Å². The molecule has 1 aliphatic heterocycles. The Balaban J connectivity index is 2.17. The maximum absolute atomic E-state index is 13.6. The van der Waals surface area contributed by atoms with Crippen LogP contribution in [0.4, 0.5) is 0 Å². The molecule has 0 saturated heterocycles. The highest BCUT2D eigenvalue weighted by atomic mass is 16.5. The fourth-order valence-electron chi connectivity index (χ4n) is 4.38. The summed E-state index contributed by atoms with van der Waals surface area (Å²) in [4.78, 5) is 39.1. The molecule has 31 heavy (non-hydrogen) atoms. The van der Waals surface area contributed by atoms with Crippen molar-refractivity contribution in [1.29, 1.82) is 0 Å². The van der Waals surface area contributed by atoms with E-state index in [1.807, 2.05) is 26.0 Å². The maximum Gasteiger partial charge on any atom is 0.336 e. The number of carbonyl (C=O) groups excluding carboxylic acids is 3. The number of dihydropyridines is 1. The minimum atomic E-state index is -0.912. The predicted octanol–water partition coefficient (Wildman–Crippen LogP) is 3.26. The topological polar surface area (TPSA) is 90.9 Å². The van der Waals surface area contributed by atoms with Gasteiger partial charge in [0, 0.05) is 22.9 Å². The Morgan fingerprint density at radius 3 is 2.61 bits per heavy atom. The van der Waals surface area contributed by atoms with Gasteiger partial charge in [-0.1, -0.05) is 26.0 Å². The Morgan fingerprint density at radius 1 is 1.23 bits per heavy atom. The molecule has 7 heteroatoms. The Morgan fingerprint density at radius 2 is 1.97 bits per heavy atom. The molecule has 0 radical (unpaired) electrons. The zero-order chi connectivity index (χ0) is 22.7. The van der Waals surface area contributed by atoms with Gasteiger partial charge in [-0.2, -0.15) is 0 Å². The van der Waals surface area contributed by atoms with E-state index in [9.17, 15) is 14.4 Å². The van der Waals surface area contributed by atoms with Crippen molar-refractivity contribution in [3.8, 4) is 5.75 Å². The third kappa shape index (κ3) is 4.22. The maximum atomic E-state index is 13.6. The van der Waals surface area contributed by atoms with Crippen molar-refractivity contribution < 1.29 is 28.6 Å². The van der Waals surface area contributed by atoms with Gasteiger partial charge in [0.15, 0.2) is 5.78 Å². The average Bonchev–Trinajstić information content (AvgIpc) is 2.76. The standard InChI is InChI=1S/C24H29NO6/c1-6-10-31-24(28)19-14(3)25-17-11-13(2)18(23(27)30-5)22(26)21(17)20(19)15-8-7-9-16(12-15)29-4/h7-9,12-13,18,20,25H,6,10-11H2,1-5H3/t13-,18-,20+/m0/s1. The summed E-state index contributed by atoms with van der Waals surface area (Å²) in [6.07, 6.45) is 1.18. The average molecular weight is 427 g/mol. The Kier molecular flexibility index (Phi) is 6.83. The number of nitrogens with one attached hydrogen (secondary N) is 1. The summed E-state index contributed by atoms with van der Waals surface area (Å²) in [5.74, 6) is -2.55. The Bertz CT molecular complexity index is 961. The van der Waals surface area contributed by atoms with E-state index >= 15 is 0 Å². The van der Waals surface area contributed by atoms with Gasteiger partial charge < -0.3 is 19.5 Å². The fourth-order valence-corrected chi connectivity index (χ4v) is 4.38. The van der Waals surface area contributed by atoms with Crippen LogP contribution >= 0.6 is 0 Å². The van der Waals surface area contributed by atoms with Crippen molar-refractivity contribution in [1.82, 2.24) is 5.32 Å². The van der Waals surface area contributed by atoms with E-state index < -0.39 is 23.8 Å². The number of methoxy groups -OCH3 is 2. The number of rotatable bonds is 6. The van der Waals surface area contributed by atoms with Crippen LogP contribution in [0, 0.1) is 11.8 Å². The number of carbonyl (C=O) groups is 3. The number of allylic oxidation sites excluding steroid dienone is 3. The van der Waals surface area contributed by atoms with Crippen LogP contribution < -0.4 is 10.1 Å². The van der Waals surface area contributed by atoms with Gasteiger partial charge in [-0.3, -0.25) is 9.59 Å². The lowest BCUT2D eigenvalue weighted by Gasteiger charge is -2.38. The molecule has 0 bridgehead atoms. The second-order valence-corrected chi connectivity index (χ2v) is 7.95. The van der Waals surface area contributed by atoms with E-state index in [1.165, 1.54) is 7.11 Å². The molecule has 2 aliphatic rings. The molecule has 1 aromatic carbocycles. The lowest BCUT2D eigenvalue weighted by atomic mass is 9.69. The molecular weight excluding hydrogens is 398 g/mol. The summed E-state index contributed by atoms with van der Waals surface area (Å²) in [5.41, 5.74) is 2.88. The highest BCUT2D eigenvalue weighted by molar-refractivity contribution is 6.12. The van der Waals surface area contributed by atoms with Gasteiger partial charge >= 0.3 is 11.9 Å². The molecule has 1 aromatic rings.